The third-order valence-electron chi connectivity index (χ3n) is 7.71. The zero-order valence-electron chi connectivity index (χ0n) is 20.7. The molecule has 0 spiro atoms. The second-order valence-electron chi connectivity index (χ2n) is 10.1. The summed E-state index contributed by atoms with van der Waals surface area (Å²) in [5, 5.41) is 9.14. The number of aromatic nitrogens is 1. The molecule has 3 aliphatic rings. The Morgan fingerprint density at radius 3 is 2.86 bits per heavy atom. The molecule has 1 amide bonds. The normalized spacial score (nSPS) is 20.8. The number of nitrogens with zero attached hydrogens (tertiary/aromatic N) is 4. The molecule has 9 heteroatoms. The lowest BCUT2D eigenvalue weighted by atomic mass is 9.90. The summed E-state index contributed by atoms with van der Waals surface area (Å²) in [5.74, 6) is 0.827. The van der Waals surface area contributed by atoms with Crippen LogP contribution in [0.5, 0.6) is 0 Å². The Labute approximate surface area is 219 Å². The van der Waals surface area contributed by atoms with Crippen molar-refractivity contribution in [2.24, 2.45) is 4.99 Å². The summed E-state index contributed by atoms with van der Waals surface area (Å²) < 4.78 is 18.9. The first kappa shape index (κ1) is 24.1. The van der Waals surface area contributed by atoms with Gasteiger partial charge in [0.2, 0.25) is 0 Å². The SMILES string of the molecule is Cc1ccc(Cl)c(CN2CCN=C3NC=C(C(=O)N4CCC(c5noc6cc(F)ccc56)CC4)CC32)c1. The van der Waals surface area contributed by atoms with E-state index in [9.17, 15) is 9.18 Å². The maximum absolute atomic E-state index is 13.5. The number of amidine groups is 1. The number of likely N-dealkylation sites (tertiary alicyclic amines) is 1. The van der Waals surface area contributed by atoms with E-state index < -0.39 is 0 Å². The van der Waals surface area contributed by atoms with Gasteiger partial charge in [0.05, 0.1) is 18.3 Å². The van der Waals surface area contributed by atoms with Gasteiger partial charge in [-0.25, -0.2) is 4.39 Å². The molecule has 6 rings (SSSR count). The minimum Gasteiger partial charge on any atom is -0.356 e. The maximum atomic E-state index is 13.5. The molecule has 0 bridgehead atoms. The molecule has 0 radical (unpaired) electrons. The van der Waals surface area contributed by atoms with E-state index >= 15 is 0 Å². The number of piperidine rings is 1. The van der Waals surface area contributed by atoms with Crippen LogP contribution in [0, 0.1) is 12.7 Å². The minimum absolute atomic E-state index is 0.0220. The van der Waals surface area contributed by atoms with Crippen LogP contribution in [-0.4, -0.2) is 58.9 Å². The lowest BCUT2D eigenvalue weighted by Gasteiger charge is -2.39. The quantitative estimate of drug-likeness (QED) is 0.534. The van der Waals surface area contributed by atoms with Crippen molar-refractivity contribution in [3.8, 4) is 0 Å². The first-order valence-corrected chi connectivity index (χ1v) is 13.2. The van der Waals surface area contributed by atoms with E-state index in [4.69, 9.17) is 16.1 Å². The molecule has 4 heterocycles. The van der Waals surface area contributed by atoms with Crippen LogP contribution >= 0.6 is 11.6 Å². The van der Waals surface area contributed by atoms with E-state index in [2.05, 4.69) is 33.4 Å². The van der Waals surface area contributed by atoms with Crippen molar-refractivity contribution in [2.45, 2.75) is 44.7 Å². The van der Waals surface area contributed by atoms with E-state index in [1.807, 2.05) is 23.2 Å². The van der Waals surface area contributed by atoms with Crippen LogP contribution in [0.2, 0.25) is 5.02 Å². The summed E-state index contributed by atoms with van der Waals surface area (Å²) in [5.41, 5.74) is 4.36. The molecule has 7 nitrogen and oxygen atoms in total. The van der Waals surface area contributed by atoms with E-state index in [-0.39, 0.29) is 23.7 Å². The predicted octanol–water partition coefficient (Wildman–Crippen LogP) is 4.79. The average molecular weight is 522 g/mol. The fourth-order valence-corrected chi connectivity index (χ4v) is 5.87. The van der Waals surface area contributed by atoms with Gasteiger partial charge < -0.3 is 14.7 Å². The standard InChI is InChI=1S/C28H29ClFN5O2/c1-17-2-5-23(29)20(12-17)16-35-11-8-31-27-24(35)13-19(15-32-27)28(36)34-9-6-18(7-10-34)26-22-4-3-21(30)14-25(22)37-33-26/h2-5,12,14-15,18,24H,6-11,13,16H2,1H3,(H,31,32). The molecule has 0 aliphatic carbocycles. The van der Waals surface area contributed by atoms with Crippen LogP contribution in [0.15, 0.2) is 57.7 Å². The van der Waals surface area contributed by atoms with Crippen molar-refractivity contribution in [1.82, 2.24) is 20.3 Å². The summed E-state index contributed by atoms with van der Waals surface area (Å²) >= 11 is 6.49. The van der Waals surface area contributed by atoms with Gasteiger partial charge in [-0.2, -0.15) is 0 Å². The molecule has 0 saturated carbocycles. The maximum Gasteiger partial charge on any atom is 0.251 e. The summed E-state index contributed by atoms with van der Waals surface area (Å²) in [6, 6.07) is 10.6. The van der Waals surface area contributed by atoms with Gasteiger partial charge in [0.15, 0.2) is 5.58 Å². The molecule has 2 aromatic carbocycles. The summed E-state index contributed by atoms with van der Waals surface area (Å²) in [6.07, 6.45) is 4.03. The van der Waals surface area contributed by atoms with E-state index in [1.54, 1.807) is 6.07 Å². The molecule has 1 N–H and O–H groups in total. The predicted molar refractivity (Wildman–Crippen MR) is 141 cm³/mol. The van der Waals surface area contributed by atoms with Crippen LogP contribution in [-0.2, 0) is 11.3 Å². The van der Waals surface area contributed by atoms with Gasteiger partial charge in [-0.1, -0.05) is 34.5 Å². The Morgan fingerprint density at radius 2 is 2.03 bits per heavy atom. The second kappa shape index (κ2) is 9.91. The van der Waals surface area contributed by atoms with Gasteiger partial charge in [-0.05, 0) is 43.5 Å². The molecular weight excluding hydrogens is 493 g/mol. The number of carbonyl (C=O) groups is 1. The van der Waals surface area contributed by atoms with Gasteiger partial charge in [0, 0.05) is 66.8 Å². The number of fused-ring (bicyclic) bond motifs is 2. The number of halogens is 2. The molecule has 37 heavy (non-hydrogen) atoms. The van der Waals surface area contributed by atoms with Crippen LogP contribution in [0.1, 0.15) is 42.0 Å². The topological polar surface area (TPSA) is 74.0 Å². The number of hydrogen-bond acceptors (Lipinski definition) is 6. The number of hydrogen-bond donors (Lipinski definition) is 1. The van der Waals surface area contributed by atoms with Gasteiger partial charge >= 0.3 is 0 Å². The molecule has 1 atom stereocenters. The van der Waals surface area contributed by atoms with E-state index in [1.165, 1.54) is 17.7 Å². The van der Waals surface area contributed by atoms with Crippen molar-refractivity contribution < 1.29 is 13.7 Å². The molecule has 192 valence electrons. The van der Waals surface area contributed by atoms with Gasteiger partial charge in [-0.15, -0.1) is 0 Å². The summed E-state index contributed by atoms with van der Waals surface area (Å²) in [4.78, 5) is 22.5. The Hall–Kier alpha value is -3.23. The number of nitrogens with one attached hydrogen (secondary N) is 1. The Morgan fingerprint density at radius 1 is 1.19 bits per heavy atom. The number of carbonyl (C=O) groups excluding carboxylic acids is 1. The average Bonchev–Trinajstić information content (AvgIpc) is 3.33. The number of rotatable bonds is 4. The second-order valence-corrected chi connectivity index (χ2v) is 10.5. The van der Waals surface area contributed by atoms with Crippen molar-refractivity contribution in [1.29, 1.82) is 0 Å². The van der Waals surface area contributed by atoms with Gasteiger partial charge in [-0.3, -0.25) is 14.7 Å². The highest BCUT2D eigenvalue weighted by Crippen LogP contribution is 2.34. The molecular formula is C28H29ClFN5O2. The fourth-order valence-electron chi connectivity index (χ4n) is 5.70. The largest absolute Gasteiger partial charge is 0.356 e. The smallest absolute Gasteiger partial charge is 0.251 e. The van der Waals surface area contributed by atoms with Crippen molar-refractivity contribution in [2.75, 3.05) is 26.2 Å². The molecule has 1 unspecified atom stereocenters. The number of amides is 1. The van der Waals surface area contributed by atoms with Gasteiger partial charge in [0.25, 0.3) is 5.91 Å². The Kier molecular flexibility index (Phi) is 6.46. The number of aryl methyl sites for hydroxylation is 1. The first-order valence-electron chi connectivity index (χ1n) is 12.8. The van der Waals surface area contributed by atoms with Crippen molar-refractivity contribution >= 4 is 34.3 Å². The van der Waals surface area contributed by atoms with Gasteiger partial charge in [0.1, 0.15) is 11.7 Å². The van der Waals surface area contributed by atoms with Crippen molar-refractivity contribution in [3.63, 3.8) is 0 Å². The minimum atomic E-state index is -0.336. The lowest BCUT2D eigenvalue weighted by Crippen LogP contribution is -2.53. The lowest BCUT2D eigenvalue weighted by molar-refractivity contribution is -0.128. The first-order chi connectivity index (χ1) is 18.0. The summed E-state index contributed by atoms with van der Waals surface area (Å²) in [6.45, 7) is 5.61. The fraction of sp³-hybridized carbons (Fsp3) is 0.393. The van der Waals surface area contributed by atoms with E-state index in [0.29, 0.717) is 31.6 Å². The zero-order valence-corrected chi connectivity index (χ0v) is 21.5. The monoisotopic (exact) mass is 521 g/mol. The van der Waals surface area contributed by atoms with E-state index in [0.717, 1.165) is 59.0 Å². The highest BCUT2D eigenvalue weighted by atomic mass is 35.5. The third-order valence-corrected chi connectivity index (χ3v) is 8.08. The molecule has 1 fully saturated rings. The highest BCUT2D eigenvalue weighted by molar-refractivity contribution is 6.31. The van der Waals surface area contributed by atoms with Crippen LogP contribution in [0.3, 0.4) is 0 Å². The van der Waals surface area contributed by atoms with Crippen LogP contribution in [0.25, 0.3) is 11.0 Å². The van der Waals surface area contributed by atoms with Crippen LogP contribution in [0.4, 0.5) is 4.39 Å². The molecule has 1 saturated heterocycles. The molecule has 1 aromatic heterocycles. The zero-order chi connectivity index (χ0) is 25.5. The van der Waals surface area contributed by atoms with Crippen molar-refractivity contribution in [3.05, 3.63) is 75.8 Å². The Balaban J connectivity index is 1.12. The highest BCUT2D eigenvalue weighted by Gasteiger charge is 2.35. The molecule has 3 aliphatic heterocycles. The Bertz CT molecular complexity index is 1410. The number of aliphatic imine (C=N–C) groups is 1. The van der Waals surface area contributed by atoms with Crippen LogP contribution < -0.4 is 5.32 Å². The number of benzene rings is 2. The summed E-state index contributed by atoms with van der Waals surface area (Å²) in [7, 11) is 0. The molecule has 3 aromatic rings. The third kappa shape index (κ3) is 4.76.